The third kappa shape index (κ3) is 1.60. The monoisotopic (exact) mass is 178 g/mol. The molecule has 1 fully saturated rings. The van der Waals surface area contributed by atoms with Crippen LogP contribution in [0.25, 0.3) is 0 Å². The van der Waals surface area contributed by atoms with E-state index < -0.39 is 30.3 Å². The van der Waals surface area contributed by atoms with E-state index in [1.165, 1.54) is 0 Å². The summed E-state index contributed by atoms with van der Waals surface area (Å²) in [5.74, 6) is -0.557. The van der Waals surface area contributed by atoms with E-state index in [0.717, 1.165) is 0 Å². The number of hydrogen-bond acceptors (Lipinski definition) is 5. The average Bonchev–Trinajstić information content (AvgIpc) is 2.08. The van der Waals surface area contributed by atoms with Crippen molar-refractivity contribution in [1.82, 2.24) is 0 Å². The minimum atomic E-state index is -1.37. The molecule has 1 aliphatic carbocycles. The molecule has 5 heteroatoms. The lowest BCUT2D eigenvalue weighted by Crippen LogP contribution is -2.54. The highest BCUT2D eigenvalue weighted by Gasteiger charge is 2.41. The normalized spacial score (nSPS) is 49.2. The summed E-state index contributed by atoms with van der Waals surface area (Å²) < 4.78 is 0. The van der Waals surface area contributed by atoms with E-state index in [1.807, 2.05) is 0 Å². The second kappa shape index (κ2) is 3.68. The van der Waals surface area contributed by atoms with Gasteiger partial charge >= 0.3 is 0 Å². The maximum absolute atomic E-state index is 9.24. The minimum absolute atomic E-state index is 0.107. The molecule has 0 unspecified atom stereocenters. The molecule has 1 saturated carbocycles. The molecule has 0 spiro atoms. The van der Waals surface area contributed by atoms with Crippen LogP contribution in [0.5, 0.6) is 0 Å². The van der Waals surface area contributed by atoms with E-state index in [0.29, 0.717) is 0 Å². The van der Waals surface area contributed by atoms with Gasteiger partial charge in [0.05, 0.1) is 12.2 Å². The van der Waals surface area contributed by atoms with Crippen molar-refractivity contribution in [2.45, 2.75) is 30.8 Å². The van der Waals surface area contributed by atoms with E-state index in [2.05, 4.69) is 0 Å². The lowest BCUT2D eigenvalue weighted by molar-refractivity contribution is -0.163. The van der Waals surface area contributed by atoms with Crippen LogP contribution in [-0.4, -0.2) is 56.6 Å². The Labute approximate surface area is 69.9 Å². The molecule has 5 nitrogen and oxygen atoms in total. The molecule has 0 bridgehead atoms. The number of hydrogen-bond donors (Lipinski definition) is 5. The van der Waals surface area contributed by atoms with Gasteiger partial charge in [-0.2, -0.15) is 0 Å². The molecule has 5 N–H and O–H groups in total. The van der Waals surface area contributed by atoms with Gasteiger partial charge in [-0.3, -0.25) is 0 Å². The molecule has 5 atom stereocenters. The quantitative estimate of drug-likeness (QED) is 0.304. The fourth-order valence-electron chi connectivity index (χ4n) is 1.48. The topological polar surface area (TPSA) is 101 Å². The van der Waals surface area contributed by atoms with Crippen molar-refractivity contribution in [3.05, 3.63) is 0 Å². The van der Waals surface area contributed by atoms with Gasteiger partial charge in [-0.05, 0) is 6.42 Å². The Balaban J connectivity index is 2.63. The summed E-state index contributed by atoms with van der Waals surface area (Å²) in [6, 6.07) is 0. The third-order valence-electron chi connectivity index (χ3n) is 2.36. The molecular weight excluding hydrogens is 164 g/mol. The molecule has 1 rings (SSSR count). The molecule has 0 aromatic carbocycles. The van der Waals surface area contributed by atoms with Gasteiger partial charge in [0.15, 0.2) is 0 Å². The van der Waals surface area contributed by atoms with Crippen LogP contribution < -0.4 is 0 Å². The van der Waals surface area contributed by atoms with Crippen LogP contribution in [0.15, 0.2) is 0 Å². The Kier molecular flexibility index (Phi) is 3.03. The van der Waals surface area contributed by atoms with E-state index in [9.17, 15) is 5.11 Å². The van der Waals surface area contributed by atoms with Crippen LogP contribution in [0.4, 0.5) is 0 Å². The molecule has 0 aromatic heterocycles. The zero-order valence-corrected chi connectivity index (χ0v) is 6.54. The summed E-state index contributed by atoms with van der Waals surface area (Å²) in [5.41, 5.74) is 0. The van der Waals surface area contributed by atoms with Gasteiger partial charge in [0.1, 0.15) is 12.2 Å². The maximum atomic E-state index is 9.24. The average molecular weight is 178 g/mol. The molecule has 1 aliphatic rings. The highest BCUT2D eigenvalue weighted by atomic mass is 16.4. The second-order valence-corrected chi connectivity index (χ2v) is 3.22. The maximum Gasteiger partial charge on any atom is 0.109 e. The summed E-state index contributed by atoms with van der Waals surface area (Å²) in [5, 5.41) is 45.3. The highest BCUT2D eigenvalue weighted by molar-refractivity contribution is 4.91. The summed E-state index contributed by atoms with van der Waals surface area (Å²) in [7, 11) is 0. The van der Waals surface area contributed by atoms with Gasteiger partial charge in [0.2, 0.25) is 0 Å². The van der Waals surface area contributed by atoms with Gasteiger partial charge in [-0.25, -0.2) is 0 Å². The Hall–Kier alpha value is -0.200. The highest BCUT2D eigenvalue weighted by Crippen LogP contribution is 2.25. The van der Waals surface area contributed by atoms with Crippen molar-refractivity contribution in [1.29, 1.82) is 0 Å². The number of aliphatic hydroxyl groups is 5. The summed E-state index contributed by atoms with van der Waals surface area (Å²) in [6.07, 6.45) is -4.81. The Morgan fingerprint density at radius 1 is 0.917 bits per heavy atom. The predicted molar refractivity (Wildman–Crippen MR) is 39.2 cm³/mol. The van der Waals surface area contributed by atoms with Crippen molar-refractivity contribution in [2.24, 2.45) is 5.92 Å². The van der Waals surface area contributed by atoms with Crippen molar-refractivity contribution in [2.75, 3.05) is 6.61 Å². The van der Waals surface area contributed by atoms with Gasteiger partial charge < -0.3 is 25.5 Å². The summed E-state index contributed by atoms with van der Waals surface area (Å²) >= 11 is 0. The van der Waals surface area contributed by atoms with E-state index in [-0.39, 0.29) is 13.0 Å². The van der Waals surface area contributed by atoms with Gasteiger partial charge in [-0.15, -0.1) is 0 Å². The first-order valence-electron chi connectivity index (χ1n) is 3.91. The first-order valence-corrected chi connectivity index (χ1v) is 3.91. The fourth-order valence-corrected chi connectivity index (χ4v) is 1.48. The minimum Gasteiger partial charge on any atom is -0.396 e. The predicted octanol–water partition coefficient (Wildman–Crippen LogP) is -2.56. The number of rotatable bonds is 1. The molecule has 72 valence electrons. The summed E-state index contributed by atoms with van der Waals surface area (Å²) in [4.78, 5) is 0. The molecule has 0 aliphatic heterocycles. The third-order valence-corrected chi connectivity index (χ3v) is 2.36. The van der Waals surface area contributed by atoms with Crippen molar-refractivity contribution < 1.29 is 25.5 Å². The molecule has 0 aromatic rings. The SMILES string of the molecule is OC[C@@H]1C[C@@H](O)[C@@H](O)[C@@H](O)[C@H]1O. The molecule has 0 saturated heterocycles. The zero-order valence-electron chi connectivity index (χ0n) is 6.54. The van der Waals surface area contributed by atoms with E-state index in [1.54, 1.807) is 0 Å². The Bertz CT molecular complexity index is 146. The fraction of sp³-hybridized carbons (Fsp3) is 1.00. The van der Waals surface area contributed by atoms with Crippen LogP contribution >= 0.6 is 0 Å². The standard InChI is InChI=1S/C7H14O5/c8-2-3-1-4(9)6(11)7(12)5(3)10/h3-12H,1-2H2/t3-,4+,5-,6+,7-/m0/s1. The molecule has 0 radical (unpaired) electrons. The first kappa shape index (κ1) is 9.88. The van der Waals surface area contributed by atoms with Crippen molar-refractivity contribution >= 4 is 0 Å². The van der Waals surface area contributed by atoms with Crippen LogP contribution in [0, 0.1) is 5.92 Å². The molecule has 0 heterocycles. The Morgan fingerprint density at radius 2 is 1.50 bits per heavy atom. The second-order valence-electron chi connectivity index (χ2n) is 3.22. The molecular formula is C7H14O5. The van der Waals surface area contributed by atoms with Crippen LogP contribution in [0.2, 0.25) is 0 Å². The Morgan fingerprint density at radius 3 is 2.00 bits per heavy atom. The summed E-state index contributed by atoms with van der Waals surface area (Å²) in [6.45, 7) is -0.304. The van der Waals surface area contributed by atoms with Gasteiger partial charge in [0.25, 0.3) is 0 Å². The van der Waals surface area contributed by atoms with Crippen LogP contribution in [-0.2, 0) is 0 Å². The van der Waals surface area contributed by atoms with E-state index >= 15 is 0 Å². The molecule has 12 heavy (non-hydrogen) atoms. The largest absolute Gasteiger partial charge is 0.396 e. The van der Waals surface area contributed by atoms with Crippen LogP contribution in [0.3, 0.4) is 0 Å². The lowest BCUT2D eigenvalue weighted by Gasteiger charge is -2.37. The van der Waals surface area contributed by atoms with Crippen LogP contribution in [0.1, 0.15) is 6.42 Å². The van der Waals surface area contributed by atoms with Gasteiger partial charge in [-0.1, -0.05) is 0 Å². The molecule has 0 amide bonds. The van der Waals surface area contributed by atoms with Gasteiger partial charge in [0, 0.05) is 12.5 Å². The van der Waals surface area contributed by atoms with Crippen molar-refractivity contribution in [3.8, 4) is 0 Å². The first-order chi connectivity index (χ1) is 5.57. The smallest absolute Gasteiger partial charge is 0.109 e. The van der Waals surface area contributed by atoms with Crippen molar-refractivity contribution in [3.63, 3.8) is 0 Å². The lowest BCUT2D eigenvalue weighted by atomic mass is 9.81. The zero-order chi connectivity index (χ0) is 9.30. The number of aliphatic hydroxyl groups excluding tert-OH is 5. The van der Waals surface area contributed by atoms with E-state index in [4.69, 9.17) is 20.4 Å².